The van der Waals surface area contributed by atoms with Crippen molar-refractivity contribution in [2.45, 2.75) is 51.8 Å². The highest BCUT2D eigenvalue weighted by molar-refractivity contribution is 9.11. The molecule has 3 nitrogen and oxygen atoms in total. The highest BCUT2D eigenvalue weighted by atomic mass is 79.9. The van der Waals surface area contributed by atoms with E-state index in [0.717, 1.165) is 10.9 Å². The van der Waals surface area contributed by atoms with Gasteiger partial charge in [-0.3, -0.25) is 4.79 Å². The van der Waals surface area contributed by atoms with Crippen LogP contribution in [0.25, 0.3) is 0 Å². The summed E-state index contributed by atoms with van der Waals surface area (Å²) >= 11 is 3.39. The third kappa shape index (κ3) is 3.08. The minimum absolute atomic E-state index is 0.111. The van der Waals surface area contributed by atoms with E-state index in [1.165, 1.54) is 19.3 Å². The Hall–Kier alpha value is -0.870. The maximum atomic E-state index is 13.0. The number of ether oxygens (including phenoxy) is 1. The summed E-state index contributed by atoms with van der Waals surface area (Å²) in [6.07, 6.45) is 12.1. The third-order valence-electron chi connectivity index (χ3n) is 5.97. The standard InChI is InChI=1S/C19H26BrNO2/c1-4-14(20)9-6-10-17-21-15(12-23-17)11-16(18(21)22)19(2,3)13-7-5-8-13/h4,6,9-10,13,15-17H,1,5,7-8,11-12H2,2-3H3/b10-6+,14-9+/t15-,16?,17+/m0/s1. The fourth-order valence-corrected chi connectivity index (χ4v) is 4.29. The summed E-state index contributed by atoms with van der Waals surface area (Å²) in [6.45, 7) is 8.93. The minimum Gasteiger partial charge on any atom is -0.352 e. The lowest BCUT2D eigenvalue weighted by atomic mass is 9.61. The van der Waals surface area contributed by atoms with Gasteiger partial charge in [0.1, 0.15) is 0 Å². The normalized spacial score (nSPS) is 32.5. The first kappa shape index (κ1) is 17.0. The van der Waals surface area contributed by atoms with Crippen LogP contribution in [0.15, 0.2) is 35.4 Å². The highest BCUT2D eigenvalue weighted by Gasteiger charge is 2.54. The third-order valence-corrected chi connectivity index (χ3v) is 6.56. The lowest BCUT2D eigenvalue weighted by Crippen LogP contribution is -2.42. The fraction of sp³-hybridized carbons (Fsp3) is 0.632. The predicted molar refractivity (Wildman–Crippen MR) is 96.0 cm³/mol. The molecule has 0 aromatic carbocycles. The molecule has 0 spiro atoms. The number of fused-ring (bicyclic) bond motifs is 1. The first-order chi connectivity index (χ1) is 10.9. The Kier molecular flexibility index (Phi) is 4.84. The molecular formula is C19H26BrNO2. The number of nitrogens with zero attached hydrogens (tertiary/aromatic N) is 1. The van der Waals surface area contributed by atoms with Crippen LogP contribution in [0.3, 0.4) is 0 Å². The van der Waals surface area contributed by atoms with Gasteiger partial charge in [-0.15, -0.1) is 0 Å². The van der Waals surface area contributed by atoms with E-state index in [1.807, 2.05) is 23.1 Å². The summed E-state index contributed by atoms with van der Waals surface area (Å²) in [6, 6.07) is 0.244. The monoisotopic (exact) mass is 379 g/mol. The van der Waals surface area contributed by atoms with Crippen LogP contribution in [0.4, 0.5) is 0 Å². The zero-order valence-electron chi connectivity index (χ0n) is 14.0. The molecule has 1 saturated carbocycles. The minimum atomic E-state index is -0.226. The lowest BCUT2D eigenvalue weighted by Gasteiger charge is -2.43. The van der Waals surface area contributed by atoms with Crippen molar-refractivity contribution in [1.29, 1.82) is 0 Å². The van der Waals surface area contributed by atoms with Crippen molar-refractivity contribution in [3.05, 3.63) is 35.4 Å². The Labute approximate surface area is 147 Å². The van der Waals surface area contributed by atoms with E-state index in [-0.39, 0.29) is 29.5 Å². The van der Waals surface area contributed by atoms with Gasteiger partial charge in [-0.25, -0.2) is 0 Å². The molecule has 126 valence electrons. The van der Waals surface area contributed by atoms with E-state index in [0.29, 0.717) is 12.5 Å². The molecule has 2 saturated heterocycles. The van der Waals surface area contributed by atoms with Gasteiger partial charge in [-0.1, -0.05) is 54.9 Å². The second kappa shape index (κ2) is 6.56. The average Bonchev–Trinajstić information content (AvgIpc) is 2.98. The number of amides is 1. The van der Waals surface area contributed by atoms with E-state index in [2.05, 4.69) is 36.4 Å². The molecule has 2 aliphatic heterocycles. The van der Waals surface area contributed by atoms with Gasteiger partial charge in [0, 0.05) is 10.4 Å². The Morgan fingerprint density at radius 2 is 2.17 bits per heavy atom. The SMILES string of the molecule is C=C/C(Br)=C\C=C\[C@H]1OC[C@@H]2CC(C(C)(C)C3CCC3)C(=O)N21. The number of hydrogen-bond donors (Lipinski definition) is 0. The molecule has 4 heteroatoms. The van der Waals surface area contributed by atoms with Gasteiger partial charge in [-0.05, 0) is 42.7 Å². The van der Waals surface area contributed by atoms with Gasteiger partial charge in [0.15, 0.2) is 6.23 Å². The second-order valence-corrected chi connectivity index (χ2v) is 8.42. The number of rotatable bonds is 5. The molecule has 0 aromatic heterocycles. The van der Waals surface area contributed by atoms with E-state index < -0.39 is 0 Å². The van der Waals surface area contributed by atoms with Gasteiger partial charge in [-0.2, -0.15) is 0 Å². The predicted octanol–water partition coefficient (Wildman–Crippen LogP) is 4.41. The fourth-order valence-electron chi connectivity index (χ4n) is 4.14. The molecule has 3 aliphatic rings. The average molecular weight is 380 g/mol. The molecular weight excluding hydrogens is 354 g/mol. The van der Waals surface area contributed by atoms with Gasteiger partial charge in [0.2, 0.25) is 5.91 Å². The lowest BCUT2D eigenvalue weighted by molar-refractivity contribution is -0.140. The van der Waals surface area contributed by atoms with Crippen molar-refractivity contribution >= 4 is 21.8 Å². The maximum Gasteiger partial charge on any atom is 0.228 e. The van der Waals surface area contributed by atoms with Gasteiger partial charge in [0.25, 0.3) is 0 Å². The van der Waals surface area contributed by atoms with Crippen molar-refractivity contribution in [2.75, 3.05) is 6.61 Å². The Morgan fingerprint density at radius 1 is 1.43 bits per heavy atom. The number of carbonyl (C=O) groups excluding carboxylic acids is 1. The molecule has 2 heterocycles. The van der Waals surface area contributed by atoms with Crippen LogP contribution in [-0.4, -0.2) is 29.7 Å². The molecule has 0 aromatic rings. The van der Waals surface area contributed by atoms with E-state index >= 15 is 0 Å². The van der Waals surface area contributed by atoms with Crippen molar-refractivity contribution in [1.82, 2.24) is 4.90 Å². The van der Waals surface area contributed by atoms with E-state index in [4.69, 9.17) is 4.74 Å². The Morgan fingerprint density at radius 3 is 2.78 bits per heavy atom. The number of carbonyl (C=O) groups is 1. The van der Waals surface area contributed by atoms with Crippen molar-refractivity contribution in [2.24, 2.45) is 17.3 Å². The van der Waals surface area contributed by atoms with Gasteiger partial charge >= 0.3 is 0 Å². The molecule has 3 rings (SSSR count). The number of halogens is 1. The maximum absolute atomic E-state index is 13.0. The van der Waals surface area contributed by atoms with Crippen molar-refractivity contribution in [3.63, 3.8) is 0 Å². The van der Waals surface area contributed by atoms with Crippen LogP contribution in [0.1, 0.15) is 39.5 Å². The van der Waals surface area contributed by atoms with Crippen molar-refractivity contribution in [3.8, 4) is 0 Å². The Balaban J connectivity index is 1.71. The van der Waals surface area contributed by atoms with Crippen LogP contribution < -0.4 is 0 Å². The largest absolute Gasteiger partial charge is 0.352 e. The van der Waals surface area contributed by atoms with Gasteiger partial charge in [0.05, 0.1) is 12.6 Å². The smallest absolute Gasteiger partial charge is 0.228 e. The molecule has 0 radical (unpaired) electrons. The summed E-state index contributed by atoms with van der Waals surface area (Å²) in [5.74, 6) is 1.14. The van der Waals surface area contributed by atoms with Crippen LogP contribution in [0, 0.1) is 17.3 Å². The number of allylic oxidation sites excluding steroid dienone is 4. The molecule has 23 heavy (non-hydrogen) atoms. The molecule has 0 N–H and O–H groups in total. The molecule has 3 atom stereocenters. The molecule has 0 bridgehead atoms. The zero-order chi connectivity index (χ0) is 16.6. The summed E-state index contributed by atoms with van der Waals surface area (Å²) in [7, 11) is 0. The van der Waals surface area contributed by atoms with E-state index in [1.54, 1.807) is 6.08 Å². The first-order valence-corrected chi connectivity index (χ1v) is 9.34. The van der Waals surface area contributed by atoms with Crippen LogP contribution >= 0.6 is 15.9 Å². The van der Waals surface area contributed by atoms with Crippen LogP contribution in [0.2, 0.25) is 0 Å². The zero-order valence-corrected chi connectivity index (χ0v) is 15.6. The summed E-state index contributed by atoms with van der Waals surface area (Å²) in [5, 5.41) is 0. The summed E-state index contributed by atoms with van der Waals surface area (Å²) in [4.78, 5) is 15.0. The quantitative estimate of drug-likeness (QED) is 0.662. The van der Waals surface area contributed by atoms with Gasteiger partial charge < -0.3 is 9.64 Å². The number of hydrogen-bond acceptors (Lipinski definition) is 2. The molecule has 1 amide bonds. The second-order valence-electron chi connectivity index (χ2n) is 7.50. The Bertz CT molecular complexity index is 548. The van der Waals surface area contributed by atoms with E-state index in [9.17, 15) is 4.79 Å². The van der Waals surface area contributed by atoms with Crippen molar-refractivity contribution < 1.29 is 9.53 Å². The van der Waals surface area contributed by atoms with Crippen LogP contribution in [0.5, 0.6) is 0 Å². The summed E-state index contributed by atoms with van der Waals surface area (Å²) < 4.78 is 6.73. The topological polar surface area (TPSA) is 29.5 Å². The molecule has 1 unspecified atom stereocenters. The molecule has 3 fully saturated rings. The molecule has 1 aliphatic carbocycles. The van der Waals surface area contributed by atoms with Crippen LogP contribution in [-0.2, 0) is 9.53 Å². The highest BCUT2D eigenvalue weighted by Crippen LogP contribution is 2.51. The first-order valence-electron chi connectivity index (χ1n) is 8.55. The summed E-state index contributed by atoms with van der Waals surface area (Å²) in [5.41, 5.74) is 0.111.